The van der Waals surface area contributed by atoms with Crippen LogP contribution in [0.2, 0.25) is 0 Å². The zero-order valence-corrected chi connectivity index (χ0v) is 44.7. The minimum absolute atomic E-state index is 0.0453. The molecule has 0 amide bonds. The van der Waals surface area contributed by atoms with Crippen molar-refractivity contribution in [2.75, 3.05) is 6.61 Å². The summed E-state index contributed by atoms with van der Waals surface area (Å²) in [5.74, 6) is -0.334. The molecule has 0 saturated heterocycles. The smallest absolute Gasteiger partial charge is 0.397 e. The molecule has 0 rings (SSSR count). The quantitative estimate of drug-likeness (QED) is 0.0113. The van der Waals surface area contributed by atoms with Crippen LogP contribution in [0.5, 0.6) is 0 Å². The van der Waals surface area contributed by atoms with Crippen LogP contribution >= 0.6 is 128 Å². The van der Waals surface area contributed by atoms with Crippen LogP contribution in [0.1, 0.15) is 129 Å². The first kappa shape index (κ1) is 65.1. The molecule has 6 N–H and O–H groups in total. The molecular formula is C40H67Cl11O11S. The second-order valence-corrected chi connectivity index (χ2v) is 23.1. The van der Waals surface area contributed by atoms with E-state index in [9.17, 15) is 38.2 Å². The first-order valence-electron chi connectivity index (χ1n) is 21.3. The summed E-state index contributed by atoms with van der Waals surface area (Å²) >= 11 is 69.9. The molecular weight excluding hydrogens is 1080 g/mol. The fourth-order valence-electron chi connectivity index (χ4n) is 6.41. The number of rotatable bonds is 38. The van der Waals surface area contributed by atoms with E-state index in [1.807, 2.05) is 0 Å². The van der Waals surface area contributed by atoms with E-state index in [0.29, 0.717) is 6.42 Å². The summed E-state index contributed by atoms with van der Waals surface area (Å²) in [6.07, 6.45) is 9.29. The summed E-state index contributed by atoms with van der Waals surface area (Å²) < 4.78 is 41.3. The highest BCUT2D eigenvalue weighted by atomic mass is 35.5. The molecule has 376 valence electrons. The Morgan fingerprint density at radius 2 is 1.14 bits per heavy atom. The summed E-state index contributed by atoms with van der Waals surface area (Å²) in [6.45, 7) is 3.26. The predicted octanol–water partition coefficient (Wildman–Crippen LogP) is 10.8. The van der Waals surface area contributed by atoms with Crippen molar-refractivity contribution in [1.29, 1.82) is 0 Å². The Morgan fingerprint density at radius 1 is 0.667 bits per heavy atom. The first-order valence-corrected chi connectivity index (χ1v) is 27.4. The van der Waals surface area contributed by atoms with Gasteiger partial charge in [-0.3, -0.25) is 9.35 Å². The molecule has 0 heterocycles. The van der Waals surface area contributed by atoms with E-state index in [1.165, 1.54) is 57.8 Å². The van der Waals surface area contributed by atoms with Gasteiger partial charge < -0.3 is 30.3 Å². The van der Waals surface area contributed by atoms with Crippen LogP contribution in [0.3, 0.4) is 0 Å². The Labute approximate surface area is 430 Å². The SMILES string of the molecule is CCCCCCCCCCCCCCCC(=O)OC(C)C=CCC(Cl)C(Cl)C(CC(Cl)C(Cl)C(O)C(Cl)C(Cl)C(Cl)C(O)C(Cl)C(O)C(Cl)(Cl)CCC(Cl)C(O)CO)OS(=O)(=O)O. The third-order valence-electron chi connectivity index (χ3n) is 10.3. The molecule has 0 aromatic rings. The molecule has 0 saturated carbocycles. The van der Waals surface area contributed by atoms with Gasteiger partial charge in [-0.2, -0.15) is 8.42 Å². The lowest BCUT2D eigenvalue weighted by Crippen LogP contribution is -2.52. The molecule has 0 aliphatic heterocycles. The van der Waals surface area contributed by atoms with Crippen LogP contribution in [0.25, 0.3) is 0 Å². The minimum atomic E-state index is -5.11. The van der Waals surface area contributed by atoms with Crippen LogP contribution in [0.15, 0.2) is 12.2 Å². The molecule has 0 bridgehead atoms. The van der Waals surface area contributed by atoms with E-state index in [4.69, 9.17) is 142 Å². The number of alkyl halides is 11. The molecule has 15 atom stereocenters. The maximum Gasteiger partial charge on any atom is 0.397 e. The average molecular weight is 1150 g/mol. The minimum Gasteiger partial charge on any atom is -0.458 e. The molecule has 23 heteroatoms. The third kappa shape index (κ3) is 27.9. The van der Waals surface area contributed by atoms with Gasteiger partial charge in [-0.15, -0.1) is 104 Å². The monoisotopic (exact) mass is 1140 g/mol. The number of aliphatic hydroxyl groups excluding tert-OH is 5. The van der Waals surface area contributed by atoms with E-state index in [-0.39, 0.29) is 25.2 Å². The zero-order chi connectivity index (χ0) is 48.5. The number of hydrogen-bond acceptors (Lipinski definition) is 10. The normalized spacial score (nSPS) is 20.1. The van der Waals surface area contributed by atoms with Crippen LogP contribution in [-0.2, 0) is 24.1 Å². The van der Waals surface area contributed by atoms with Gasteiger partial charge in [0.05, 0.1) is 79.4 Å². The van der Waals surface area contributed by atoms with Gasteiger partial charge in [0.15, 0.2) is 0 Å². The van der Waals surface area contributed by atoms with E-state index in [2.05, 4.69) is 6.92 Å². The molecule has 0 aromatic heterocycles. The Morgan fingerprint density at radius 3 is 1.62 bits per heavy atom. The highest BCUT2D eigenvalue weighted by Crippen LogP contribution is 2.39. The fourth-order valence-corrected chi connectivity index (χ4v) is 10.4. The summed E-state index contributed by atoms with van der Waals surface area (Å²) in [6, 6.07) is 0. The lowest BCUT2D eigenvalue weighted by atomic mass is 9.96. The molecule has 0 fully saturated rings. The lowest BCUT2D eigenvalue weighted by molar-refractivity contribution is -0.146. The maximum atomic E-state index is 12.4. The number of unbranched alkanes of at least 4 members (excludes halogenated alkanes) is 12. The average Bonchev–Trinajstić information content (AvgIpc) is 3.23. The third-order valence-corrected chi connectivity index (χ3v) is 16.8. The van der Waals surface area contributed by atoms with Gasteiger partial charge in [0.2, 0.25) is 0 Å². The molecule has 0 aliphatic carbocycles. The highest BCUT2D eigenvalue weighted by Gasteiger charge is 2.47. The van der Waals surface area contributed by atoms with Crippen LogP contribution in [0, 0.1) is 0 Å². The topological polar surface area (TPSA) is 191 Å². The number of ether oxygens (including phenoxy) is 1. The molecule has 15 unspecified atom stereocenters. The number of halogens is 11. The highest BCUT2D eigenvalue weighted by molar-refractivity contribution is 7.80. The van der Waals surface area contributed by atoms with Crippen molar-refractivity contribution in [3.63, 3.8) is 0 Å². The van der Waals surface area contributed by atoms with Crippen molar-refractivity contribution in [2.45, 2.75) is 219 Å². The lowest BCUT2D eigenvalue weighted by Gasteiger charge is -2.36. The van der Waals surface area contributed by atoms with Crippen molar-refractivity contribution in [3.05, 3.63) is 12.2 Å². The number of carbonyl (C=O) groups is 1. The standard InChI is InChI=1S/C40H67Cl11O11S/c1-3-4-5-6-7-8-9-10-11-12-13-14-15-19-30(54)61-24(2)17-16-18-26(42)31(44)29(62-63(58,59)60)22-27(43)32(45)37(55)34(47)33(46)35(48)38(56)36(49)39(57)40(50,51)21-20-25(41)28(53)23-52/h16-17,24-29,31-39,52-53,55-57H,3-15,18-23H2,1-2H3,(H,58,59,60). The fraction of sp³-hybridized carbons (Fsp3) is 0.925. The number of aliphatic hydroxyl groups is 5. The summed E-state index contributed by atoms with van der Waals surface area (Å²) in [5.41, 5.74) is 0. The first-order chi connectivity index (χ1) is 29.3. The van der Waals surface area contributed by atoms with Crippen molar-refractivity contribution in [3.8, 4) is 0 Å². The van der Waals surface area contributed by atoms with E-state index >= 15 is 0 Å². The van der Waals surface area contributed by atoms with Crippen LogP contribution < -0.4 is 0 Å². The Bertz CT molecular complexity index is 1350. The van der Waals surface area contributed by atoms with Gasteiger partial charge in [0, 0.05) is 6.42 Å². The Kier molecular flexibility index (Phi) is 36.4. The Hall–Kier alpha value is 2.07. The number of carbonyl (C=O) groups excluding carboxylic acids is 1. The van der Waals surface area contributed by atoms with Gasteiger partial charge in [-0.05, 0) is 45.1 Å². The number of esters is 1. The van der Waals surface area contributed by atoms with Crippen molar-refractivity contribution in [2.24, 2.45) is 0 Å². The number of hydrogen-bond donors (Lipinski definition) is 6. The summed E-state index contributed by atoms with van der Waals surface area (Å²) in [7, 11) is -5.11. The predicted molar refractivity (Wildman–Crippen MR) is 262 cm³/mol. The van der Waals surface area contributed by atoms with Gasteiger partial charge in [-0.25, -0.2) is 4.18 Å². The Balaban J connectivity index is 5.14. The zero-order valence-electron chi connectivity index (χ0n) is 35.5. The van der Waals surface area contributed by atoms with Crippen molar-refractivity contribution in [1.82, 2.24) is 0 Å². The second kappa shape index (κ2) is 35.2. The molecule has 11 nitrogen and oxygen atoms in total. The summed E-state index contributed by atoms with van der Waals surface area (Å²) in [5, 5.41) is 38.9. The van der Waals surface area contributed by atoms with Gasteiger partial charge in [-0.1, -0.05) is 113 Å². The van der Waals surface area contributed by atoms with Crippen LogP contribution in [0.4, 0.5) is 0 Å². The van der Waals surface area contributed by atoms with Gasteiger partial charge in [0.1, 0.15) is 16.5 Å². The van der Waals surface area contributed by atoms with E-state index in [0.717, 1.165) is 25.7 Å². The largest absolute Gasteiger partial charge is 0.458 e. The molecule has 0 radical (unpaired) electrons. The molecule has 63 heavy (non-hydrogen) atoms. The van der Waals surface area contributed by atoms with E-state index in [1.54, 1.807) is 19.1 Å². The number of allylic oxidation sites excluding steroid dienone is 1. The van der Waals surface area contributed by atoms with Crippen LogP contribution in [-0.4, -0.2) is 140 Å². The summed E-state index contributed by atoms with van der Waals surface area (Å²) in [4.78, 5) is 12.4. The van der Waals surface area contributed by atoms with E-state index < -0.39 is 113 Å². The maximum absolute atomic E-state index is 12.4. The molecule has 0 spiro atoms. The molecule has 0 aliphatic rings. The second-order valence-electron chi connectivity index (χ2n) is 15.8. The molecule has 0 aromatic carbocycles. The van der Waals surface area contributed by atoms with Gasteiger partial charge >= 0.3 is 16.4 Å². The van der Waals surface area contributed by atoms with Crippen molar-refractivity contribution >= 4 is 144 Å². The van der Waals surface area contributed by atoms with Gasteiger partial charge in [0.25, 0.3) is 0 Å². The van der Waals surface area contributed by atoms with Crippen molar-refractivity contribution < 1.29 is 52.2 Å².